The highest BCUT2D eigenvalue weighted by Gasteiger charge is 2.33. The molecule has 2 heteroatoms. The summed E-state index contributed by atoms with van der Waals surface area (Å²) in [6.07, 6.45) is 3.85. The van der Waals surface area contributed by atoms with Crippen molar-refractivity contribution in [1.29, 1.82) is 0 Å². The molecule has 0 unspecified atom stereocenters. The van der Waals surface area contributed by atoms with Crippen molar-refractivity contribution in [2.45, 2.75) is 38.9 Å². The molecule has 0 heterocycles. The van der Waals surface area contributed by atoms with Gasteiger partial charge in [0.05, 0.1) is 8.07 Å². The van der Waals surface area contributed by atoms with Crippen LogP contribution in [0.25, 0.3) is 0 Å². The van der Waals surface area contributed by atoms with Crippen LogP contribution in [0.1, 0.15) is 20.3 Å². The van der Waals surface area contributed by atoms with Crippen LogP contribution in [-0.2, 0) is 4.79 Å². The third-order valence-electron chi connectivity index (χ3n) is 3.73. The van der Waals surface area contributed by atoms with Crippen LogP contribution < -0.4 is 5.19 Å². The first-order valence-corrected chi connectivity index (χ1v) is 9.23. The number of rotatable bonds is 5. The number of benzene rings is 1. The van der Waals surface area contributed by atoms with E-state index in [0.717, 1.165) is 6.29 Å². The second-order valence-corrected chi connectivity index (χ2v) is 9.79. The Morgan fingerprint density at radius 2 is 1.88 bits per heavy atom. The maximum absolute atomic E-state index is 10.9. The third kappa shape index (κ3) is 3.16. The molecule has 0 amide bonds. The number of aldehydes is 1. The first-order chi connectivity index (χ1) is 8.04. The molecule has 17 heavy (non-hydrogen) atoms. The molecule has 0 spiro atoms. The zero-order chi connectivity index (χ0) is 12.9. The fraction of sp³-hybridized carbons (Fsp3) is 0.400. The van der Waals surface area contributed by atoms with E-state index < -0.39 is 8.07 Å². The van der Waals surface area contributed by atoms with Gasteiger partial charge in [0.1, 0.15) is 6.29 Å². The third-order valence-corrected chi connectivity index (χ3v) is 7.98. The second-order valence-electron chi connectivity index (χ2n) is 5.08. The summed E-state index contributed by atoms with van der Waals surface area (Å²) in [6, 6.07) is 10.6. The lowest BCUT2D eigenvalue weighted by molar-refractivity contribution is -0.107. The predicted molar refractivity (Wildman–Crippen MR) is 77.4 cm³/mol. The van der Waals surface area contributed by atoms with Gasteiger partial charge in [-0.1, -0.05) is 60.3 Å². The molecule has 1 rings (SSSR count). The minimum atomic E-state index is -1.61. The number of hydrogen-bond donors (Lipinski definition) is 0. The van der Waals surface area contributed by atoms with E-state index in [1.807, 2.05) is 6.07 Å². The van der Waals surface area contributed by atoms with E-state index in [0.29, 0.717) is 12.0 Å². The van der Waals surface area contributed by atoms with Gasteiger partial charge >= 0.3 is 0 Å². The van der Waals surface area contributed by atoms with Crippen LogP contribution in [0.15, 0.2) is 42.0 Å². The number of allylic oxidation sites excluding steroid dienone is 2. The van der Waals surface area contributed by atoms with Crippen LogP contribution in [0, 0.1) is 0 Å². The smallest absolute Gasteiger partial charge is 0.120 e. The van der Waals surface area contributed by atoms with Gasteiger partial charge < -0.3 is 4.79 Å². The molecule has 92 valence electrons. The average molecular weight is 246 g/mol. The van der Waals surface area contributed by atoms with Crippen LogP contribution >= 0.6 is 0 Å². The van der Waals surface area contributed by atoms with Crippen molar-refractivity contribution in [3.63, 3.8) is 0 Å². The van der Waals surface area contributed by atoms with Gasteiger partial charge in [-0.25, -0.2) is 0 Å². The van der Waals surface area contributed by atoms with Gasteiger partial charge in [-0.3, -0.25) is 0 Å². The maximum Gasteiger partial charge on any atom is 0.120 e. The summed E-state index contributed by atoms with van der Waals surface area (Å²) in [5.41, 5.74) is 1.75. The van der Waals surface area contributed by atoms with Crippen molar-refractivity contribution in [3.8, 4) is 0 Å². The van der Waals surface area contributed by atoms with Crippen molar-refractivity contribution in [2.24, 2.45) is 0 Å². The van der Waals surface area contributed by atoms with Gasteiger partial charge in [0, 0.05) is 6.42 Å². The summed E-state index contributed by atoms with van der Waals surface area (Å²) in [5, 5.41) is 1.42. The van der Waals surface area contributed by atoms with Crippen LogP contribution in [0.4, 0.5) is 0 Å². The number of hydrogen-bond acceptors (Lipinski definition) is 1. The molecular formula is C15H22OSi. The van der Waals surface area contributed by atoms with E-state index in [9.17, 15) is 4.79 Å². The van der Waals surface area contributed by atoms with E-state index >= 15 is 0 Å². The van der Waals surface area contributed by atoms with Crippen LogP contribution in [0.2, 0.25) is 18.6 Å². The minimum Gasteiger partial charge on any atom is -0.303 e. The first kappa shape index (κ1) is 13.9. The minimum absolute atomic E-state index is 0.410. The van der Waals surface area contributed by atoms with Crippen molar-refractivity contribution in [3.05, 3.63) is 42.0 Å². The van der Waals surface area contributed by atoms with Crippen molar-refractivity contribution < 1.29 is 4.79 Å². The molecule has 0 aliphatic rings. The molecule has 1 aromatic carbocycles. The van der Waals surface area contributed by atoms with Crippen molar-refractivity contribution >= 4 is 19.5 Å². The molecule has 0 aliphatic heterocycles. The molecule has 0 saturated carbocycles. The normalized spacial score (nSPS) is 14.5. The van der Waals surface area contributed by atoms with Crippen LogP contribution in [0.3, 0.4) is 0 Å². The van der Waals surface area contributed by atoms with Crippen molar-refractivity contribution in [1.82, 2.24) is 0 Å². The summed E-state index contributed by atoms with van der Waals surface area (Å²) >= 11 is 0. The highest BCUT2D eigenvalue weighted by molar-refractivity contribution is 6.91. The van der Waals surface area contributed by atoms with E-state index in [1.165, 1.54) is 10.8 Å². The summed E-state index contributed by atoms with van der Waals surface area (Å²) in [7, 11) is -1.61. The quantitative estimate of drug-likeness (QED) is 0.441. The van der Waals surface area contributed by atoms with Gasteiger partial charge in [0.2, 0.25) is 0 Å². The lowest BCUT2D eigenvalue weighted by Gasteiger charge is -2.33. The zero-order valence-electron chi connectivity index (χ0n) is 11.2. The number of carbonyl (C=O) groups is 1. The molecule has 1 nitrogen and oxygen atoms in total. The molecule has 0 saturated heterocycles. The molecule has 0 bridgehead atoms. The summed E-state index contributed by atoms with van der Waals surface area (Å²) in [6.45, 7) is 8.90. The van der Waals surface area contributed by atoms with Crippen LogP contribution in [-0.4, -0.2) is 14.4 Å². The standard InChI is InChI=1S/C15H22OSi/c1-5-13(2)15(11-12-16)17(3,4)14-9-7-6-8-10-14/h5-10,12,15H,11H2,1-4H3/b13-5+/t15-/m1/s1. The highest BCUT2D eigenvalue weighted by atomic mass is 28.3. The molecule has 0 radical (unpaired) electrons. The Morgan fingerprint density at radius 3 is 2.35 bits per heavy atom. The van der Waals surface area contributed by atoms with E-state index in [1.54, 1.807) is 0 Å². The number of carbonyl (C=O) groups excluding carboxylic acids is 1. The second kappa shape index (κ2) is 5.96. The Balaban J connectivity index is 3.12. The Labute approximate surface area is 106 Å². The van der Waals surface area contributed by atoms with Gasteiger partial charge in [-0.15, -0.1) is 0 Å². The first-order valence-electron chi connectivity index (χ1n) is 6.16. The topological polar surface area (TPSA) is 17.1 Å². The molecule has 0 fully saturated rings. The van der Waals surface area contributed by atoms with Crippen LogP contribution in [0.5, 0.6) is 0 Å². The summed E-state index contributed by atoms with van der Waals surface area (Å²) in [4.78, 5) is 10.9. The summed E-state index contributed by atoms with van der Waals surface area (Å²) in [5.74, 6) is 0. The zero-order valence-corrected chi connectivity index (χ0v) is 12.2. The monoisotopic (exact) mass is 246 g/mol. The Hall–Kier alpha value is -1.15. The lowest BCUT2D eigenvalue weighted by atomic mass is 10.1. The molecule has 0 N–H and O–H groups in total. The van der Waals surface area contributed by atoms with Gasteiger partial charge in [-0.05, 0) is 19.4 Å². The predicted octanol–water partition coefficient (Wildman–Crippen LogP) is 3.53. The Morgan fingerprint density at radius 1 is 1.29 bits per heavy atom. The summed E-state index contributed by atoms with van der Waals surface area (Å²) < 4.78 is 0. The molecule has 1 aromatic rings. The molecular weight excluding hydrogens is 224 g/mol. The molecule has 0 aromatic heterocycles. The fourth-order valence-electron chi connectivity index (χ4n) is 2.42. The fourth-order valence-corrected chi connectivity index (χ4v) is 5.86. The average Bonchev–Trinajstić information content (AvgIpc) is 2.36. The Kier molecular flexibility index (Phi) is 4.88. The van der Waals surface area contributed by atoms with E-state index in [2.05, 4.69) is 57.3 Å². The largest absolute Gasteiger partial charge is 0.303 e. The highest BCUT2D eigenvalue weighted by Crippen LogP contribution is 2.31. The van der Waals surface area contributed by atoms with E-state index in [4.69, 9.17) is 0 Å². The molecule has 0 aliphatic carbocycles. The Bertz CT molecular complexity index is 393. The van der Waals surface area contributed by atoms with Gasteiger partial charge in [0.15, 0.2) is 0 Å². The van der Waals surface area contributed by atoms with E-state index in [-0.39, 0.29) is 0 Å². The lowest BCUT2D eigenvalue weighted by Crippen LogP contribution is -2.46. The maximum atomic E-state index is 10.9. The SMILES string of the molecule is C/C=C(\C)[C@@H](CC=O)[Si](C)(C)c1ccccc1. The van der Waals surface area contributed by atoms with Gasteiger partial charge in [0.25, 0.3) is 0 Å². The van der Waals surface area contributed by atoms with Crippen molar-refractivity contribution in [2.75, 3.05) is 0 Å². The molecule has 1 atom stereocenters. The van der Waals surface area contributed by atoms with Gasteiger partial charge in [-0.2, -0.15) is 0 Å².